The minimum Gasteiger partial charge on any atom is -0.497 e. The van der Waals surface area contributed by atoms with Crippen molar-refractivity contribution in [2.75, 3.05) is 32.8 Å². The minimum absolute atomic E-state index is 0.0115. The van der Waals surface area contributed by atoms with Gasteiger partial charge < -0.3 is 24.5 Å². The third-order valence-electron chi connectivity index (χ3n) is 4.20. The minimum atomic E-state index is -1.03. The van der Waals surface area contributed by atoms with Gasteiger partial charge in [-0.25, -0.2) is 4.79 Å². The number of anilines is 1. The lowest BCUT2D eigenvalue weighted by Gasteiger charge is -2.22. The molecule has 2 aromatic rings. The number of amides is 1. The van der Waals surface area contributed by atoms with Crippen LogP contribution >= 0.6 is 0 Å². The van der Waals surface area contributed by atoms with E-state index in [0.29, 0.717) is 28.5 Å². The van der Waals surface area contributed by atoms with Crippen molar-refractivity contribution in [1.82, 2.24) is 0 Å². The zero-order chi connectivity index (χ0) is 22.1. The zero-order valence-electron chi connectivity index (χ0n) is 17.2. The fourth-order valence-corrected chi connectivity index (χ4v) is 2.71. The first-order chi connectivity index (χ1) is 14.5. The van der Waals surface area contributed by atoms with E-state index in [4.69, 9.17) is 18.9 Å². The third-order valence-corrected chi connectivity index (χ3v) is 4.20. The number of carbonyl (C=O) groups is 2. The van der Waals surface area contributed by atoms with Gasteiger partial charge in [0.2, 0.25) is 0 Å². The largest absolute Gasteiger partial charge is 0.497 e. The van der Waals surface area contributed by atoms with Crippen LogP contribution in [-0.4, -0.2) is 50.3 Å². The van der Waals surface area contributed by atoms with Gasteiger partial charge >= 0.3 is 17.6 Å². The van der Waals surface area contributed by atoms with E-state index in [1.54, 1.807) is 49.4 Å². The van der Waals surface area contributed by atoms with Crippen molar-refractivity contribution in [2.24, 2.45) is 0 Å². The lowest BCUT2D eigenvalue weighted by molar-refractivity contribution is -0.141. The Morgan fingerprint density at radius 3 is 2.30 bits per heavy atom. The molecule has 0 unspecified atom stereocenters. The van der Waals surface area contributed by atoms with Crippen molar-refractivity contribution in [2.45, 2.75) is 13.5 Å². The van der Waals surface area contributed by atoms with E-state index < -0.39 is 17.6 Å². The van der Waals surface area contributed by atoms with Crippen molar-refractivity contribution < 1.29 is 33.3 Å². The van der Waals surface area contributed by atoms with Crippen LogP contribution in [0.25, 0.3) is 5.53 Å². The zero-order valence-corrected chi connectivity index (χ0v) is 17.2. The number of hydrogen-bond donors (Lipinski definition) is 0. The van der Waals surface area contributed by atoms with Crippen LogP contribution in [0.4, 0.5) is 5.69 Å². The van der Waals surface area contributed by atoms with Gasteiger partial charge in [0.05, 0.1) is 34.5 Å². The summed E-state index contributed by atoms with van der Waals surface area (Å²) in [4.78, 5) is 29.4. The Hall–Kier alpha value is -3.84. The molecule has 0 heterocycles. The van der Waals surface area contributed by atoms with Gasteiger partial charge in [-0.2, -0.15) is 4.79 Å². The highest BCUT2D eigenvalue weighted by Crippen LogP contribution is 2.29. The van der Waals surface area contributed by atoms with Gasteiger partial charge in [0.15, 0.2) is 0 Å². The average molecular weight is 413 g/mol. The van der Waals surface area contributed by atoms with Gasteiger partial charge in [-0.05, 0) is 31.2 Å². The summed E-state index contributed by atoms with van der Waals surface area (Å²) in [5.41, 5.74) is 9.61. The van der Waals surface area contributed by atoms with Crippen molar-refractivity contribution in [3.8, 4) is 17.2 Å². The standard InChI is InChI=1S/C21H23N3O6/c1-5-30-21(26)19(23-22)20(25)24(15-7-6-8-16(11-15)27-2)13-14-9-10-17(28-3)12-18(14)29-4/h6-12H,5,13H2,1-4H3. The van der Waals surface area contributed by atoms with Crippen LogP contribution in [-0.2, 0) is 20.9 Å². The summed E-state index contributed by atoms with van der Waals surface area (Å²) < 4.78 is 20.7. The molecule has 0 saturated heterocycles. The number of carbonyl (C=O) groups excluding carboxylic acids is 2. The summed E-state index contributed by atoms with van der Waals surface area (Å²) in [5, 5.41) is 0. The van der Waals surface area contributed by atoms with Crippen LogP contribution in [0.1, 0.15) is 12.5 Å². The van der Waals surface area contributed by atoms with Crippen LogP contribution in [0.15, 0.2) is 42.5 Å². The SMILES string of the molecule is CCOC(=O)C(=[N+]=[N-])C(=O)N(Cc1ccc(OC)cc1OC)c1cccc(OC)c1. The van der Waals surface area contributed by atoms with Gasteiger partial charge in [0, 0.05) is 23.4 Å². The summed E-state index contributed by atoms with van der Waals surface area (Å²) in [6, 6.07) is 11.8. The Morgan fingerprint density at radius 2 is 1.70 bits per heavy atom. The number of benzene rings is 2. The van der Waals surface area contributed by atoms with Crippen LogP contribution in [0, 0.1) is 0 Å². The van der Waals surface area contributed by atoms with E-state index in [2.05, 4.69) is 4.79 Å². The molecule has 9 heteroatoms. The second kappa shape index (κ2) is 10.6. The quantitative estimate of drug-likeness (QED) is 0.205. The molecule has 158 valence electrons. The van der Waals surface area contributed by atoms with E-state index in [0.717, 1.165) is 0 Å². The normalized spacial score (nSPS) is 9.87. The maximum absolute atomic E-state index is 13.1. The van der Waals surface area contributed by atoms with Gasteiger partial charge in [-0.3, -0.25) is 9.69 Å². The molecule has 0 aliphatic heterocycles. The molecule has 0 fully saturated rings. The Morgan fingerprint density at radius 1 is 1.00 bits per heavy atom. The first kappa shape index (κ1) is 22.4. The third kappa shape index (κ3) is 5.15. The molecule has 2 aromatic carbocycles. The molecule has 0 bridgehead atoms. The first-order valence-corrected chi connectivity index (χ1v) is 9.05. The van der Waals surface area contributed by atoms with Gasteiger partial charge in [0.25, 0.3) is 0 Å². The van der Waals surface area contributed by atoms with Crippen molar-refractivity contribution in [1.29, 1.82) is 0 Å². The molecular weight excluding hydrogens is 390 g/mol. The first-order valence-electron chi connectivity index (χ1n) is 9.05. The summed E-state index contributed by atoms with van der Waals surface area (Å²) >= 11 is 0. The van der Waals surface area contributed by atoms with Crippen molar-refractivity contribution in [3.63, 3.8) is 0 Å². The second-order valence-corrected chi connectivity index (χ2v) is 5.94. The van der Waals surface area contributed by atoms with Crippen LogP contribution in [0.3, 0.4) is 0 Å². The lowest BCUT2D eigenvalue weighted by atomic mass is 10.1. The Bertz CT molecular complexity index is 969. The van der Waals surface area contributed by atoms with Crippen LogP contribution in [0.2, 0.25) is 0 Å². The molecule has 0 N–H and O–H groups in total. The number of nitrogens with zero attached hydrogens (tertiary/aromatic N) is 3. The van der Waals surface area contributed by atoms with Gasteiger partial charge in [-0.15, -0.1) is 0 Å². The van der Waals surface area contributed by atoms with Crippen LogP contribution < -0.4 is 19.1 Å². The number of esters is 1. The number of hydrogen-bond acceptors (Lipinski definition) is 6. The predicted octanol–water partition coefficient (Wildman–Crippen LogP) is 2.48. The highest BCUT2D eigenvalue weighted by atomic mass is 16.5. The molecule has 0 radical (unpaired) electrons. The fourth-order valence-electron chi connectivity index (χ4n) is 2.71. The van der Waals surface area contributed by atoms with E-state index >= 15 is 0 Å². The molecule has 30 heavy (non-hydrogen) atoms. The molecule has 1 amide bonds. The topological polar surface area (TPSA) is 111 Å². The van der Waals surface area contributed by atoms with Crippen molar-refractivity contribution >= 4 is 23.3 Å². The average Bonchev–Trinajstić information content (AvgIpc) is 2.77. The highest BCUT2D eigenvalue weighted by Gasteiger charge is 2.36. The van der Waals surface area contributed by atoms with Gasteiger partial charge in [-0.1, -0.05) is 6.07 Å². The molecule has 9 nitrogen and oxygen atoms in total. The van der Waals surface area contributed by atoms with Crippen molar-refractivity contribution in [3.05, 3.63) is 53.6 Å². The smallest absolute Gasteiger partial charge is 0.463 e. The summed E-state index contributed by atoms with van der Waals surface area (Å²) in [6.45, 7) is 1.62. The second-order valence-electron chi connectivity index (χ2n) is 5.94. The van der Waals surface area contributed by atoms with E-state index in [-0.39, 0.29) is 13.2 Å². The van der Waals surface area contributed by atoms with E-state index in [1.807, 2.05) is 0 Å². The summed E-state index contributed by atoms with van der Waals surface area (Å²) in [6.07, 6.45) is 0. The summed E-state index contributed by atoms with van der Waals surface area (Å²) in [7, 11) is 4.52. The summed E-state index contributed by atoms with van der Waals surface area (Å²) in [5.74, 6) is -0.306. The molecule has 0 spiro atoms. The fraction of sp³-hybridized carbons (Fsp3) is 0.286. The van der Waals surface area contributed by atoms with E-state index in [1.165, 1.54) is 26.2 Å². The van der Waals surface area contributed by atoms with E-state index in [9.17, 15) is 15.1 Å². The molecule has 0 aromatic heterocycles. The monoisotopic (exact) mass is 413 g/mol. The predicted molar refractivity (Wildman–Crippen MR) is 109 cm³/mol. The molecule has 0 saturated carbocycles. The number of rotatable bonds is 9. The Kier molecular flexibility index (Phi) is 7.96. The Balaban J connectivity index is 2.53. The molecular formula is C21H23N3O6. The van der Waals surface area contributed by atoms with Gasteiger partial charge in [0.1, 0.15) is 17.2 Å². The molecule has 0 atom stereocenters. The number of methoxy groups -OCH3 is 3. The van der Waals surface area contributed by atoms with Crippen LogP contribution in [0.5, 0.6) is 17.2 Å². The molecule has 0 aliphatic carbocycles. The maximum Gasteiger partial charge on any atom is 0.463 e. The highest BCUT2D eigenvalue weighted by molar-refractivity contribution is 6.64. The number of ether oxygens (including phenoxy) is 4. The Labute approximate surface area is 174 Å². The maximum atomic E-state index is 13.1. The molecule has 2 rings (SSSR count). The molecule has 0 aliphatic rings. The lowest BCUT2D eigenvalue weighted by Crippen LogP contribution is -2.41.